The third kappa shape index (κ3) is 3.15. The maximum absolute atomic E-state index is 11.8. The Bertz CT molecular complexity index is 493. The highest BCUT2D eigenvalue weighted by atomic mass is 32.1. The van der Waals surface area contributed by atoms with Crippen molar-refractivity contribution in [3.8, 4) is 0 Å². The number of rotatable bonds is 6. The molecule has 0 unspecified atom stereocenters. The molecule has 2 rings (SSSR count). The van der Waals surface area contributed by atoms with Crippen LogP contribution >= 0.6 is 11.3 Å². The molecule has 1 aliphatic carbocycles. The highest BCUT2D eigenvalue weighted by molar-refractivity contribution is 7.17. The Labute approximate surface area is 116 Å². The molecule has 1 N–H and O–H groups in total. The van der Waals surface area contributed by atoms with Crippen LogP contribution in [0.1, 0.15) is 59.8 Å². The Kier molecular flexibility index (Phi) is 4.58. The fraction of sp³-hybridized carbons (Fsp3) is 0.571. The van der Waals surface area contributed by atoms with Gasteiger partial charge in [0.1, 0.15) is 5.00 Å². The minimum Gasteiger partial charge on any atom is -0.545 e. The first kappa shape index (κ1) is 14.1. The van der Waals surface area contributed by atoms with Gasteiger partial charge in [-0.25, -0.2) is 0 Å². The number of unbranched alkanes of at least 4 members (excludes halogenated alkanes) is 2. The monoisotopic (exact) mass is 280 g/mol. The summed E-state index contributed by atoms with van der Waals surface area (Å²) in [5.74, 6) is -1.28. The largest absolute Gasteiger partial charge is 0.545 e. The van der Waals surface area contributed by atoms with Gasteiger partial charge >= 0.3 is 0 Å². The van der Waals surface area contributed by atoms with E-state index in [4.69, 9.17) is 0 Å². The van der Waals surface area contributed by atoms with E-state index in [2.05, 4.69) is 12.2 Å². The van der Waals surface area contributed by atoms with Crippen molar-refractivity contribution < 1.29 is 14.7 Å². The van der Waals surface area contributed by atoms with Gasteiger partial charge in [0.15, 0.2) is 0 Å². The summed E-state index contributed by atoms with van der Waals surface area (Å²) in [5, 5.41) is 14.4. The number of hydrogen-bond donors (Lipinski definition) is 1. The number of carboxylic acid groups (broad SMARTS) is 1. The minimum absolute atomic E-state index is 0.101. The number of aryl methyl sites for hydroxylation is 1. The van der Waals surface area contributed by atoms with E-state index in [9.17, 15) is 14.7 Å². The van der Waals surface area contributed by atoms with Crippen LogP contribution < -0.4 is 10.4 Å². The number of aromatic carboxylic acids is 1. The van der Waals surface area contributed by atoms with Gasteiger partial charge in [0.2, 0.25) is 5.91 Å². The molecular weight excluding hydrogens is 262 g/mol. The molecule has 0 fully saturated rings. The van der Waals surface area contributed by atoms with Gasteiger partial charge in [0.05, 0.1) is 5.97 Å². The Morgan fingerprint density at radius 1 is 1.32 bits per heavy atom. The smallest absolute Gasteiger partial charge is 0.224 e. The molecule has 19 heavy (non-hydrogen) atoms. The first-order valence-electron chi connectivity index (χ1n) is 6.79. The molecule has 1 amide bonds. The zero-order valence-corrected chi connectivity index (χ0v) is 11.9. The van der Waals surface area contributed by atoms with E-state index < -0.39 is 5.97 Å². The number of thiophene rings is 1. The van der Waals surface area contributed by atoms with Gasteiger partial charge in [0, 0.05) is 16.9 Å². The number of hydrogen-bond acceptors (Lipinski definition) is 4. The molecule has 1 aromatic heterocycles. The minimum atomic E-state index is -1.18. The Hall–Kier alpha value is -1.36. The lowest BCUT2D eigenvalue weighted by Gasteiger charge is -2.08. The fourth-order valence-electron chi connectivity index (χ4n) is 2.43. The van der Waals surface area contributed by atoms with Gasteiger partial charge in [-0.1, -0.05) is 19.8 Å². The molecule has 0 radical (unpaired) electrons. The van der Waals surface area contributed by atoms with Gasteiger partial charge < -0.3 is 15.2 Å². The van der Waals surface area contributed by atoms with Crippen molar-refractivity contribution in [1.82, 2.24) is 0 Å². The van der Waals surface area contributed by atoms with Crippen LogP contribution in [0.25, 0.3) is 0 Å². The quantitative estimate of drug-likeness (QED) is 0.811. The molecule has 0 saturated heterocycles. The third-order valence-electron chi connectivity index (χ3n) is 3.39. The topological polar surface area (TPSA) is 69.2 Å². The number of fused-ring (bicyclic) bond motifs is 1. The molecule has 0 aliphatic heterocycles. The van der Waals surface area contributed by atoms with Gasteiger partial charge in [-0.3, -0.25) is 4.79 Å². The van der Waals surface area contributed by atoms with Crippen LogP contribution in [0.15, 0.2) is 0 Å². The van der Waals surface area contributed by atoms with Crippen molar-refractivity contribution in [3.63, 3.8) is 0 Å². The number of amides is 1. The van der Waals surface area contributed by atoms with Crippen molar-refractivity contribution in [2.45, 2.75) is 51.9 Å². The average molecular weight is 280 g/mol. The molecule has 1 aromatic rings. The van der Waals surface area contributed by atoms with Gasteiger partial charge in [-0.05, 0) is 31.2 Å². The molecule has 0 atom stereocenters. The second-order valence-electron chi connectivity index (χ2n) is 4.85. The summed E-state index contributed by atoms with van der Waals surface area (Å²) in [7, 11) is 0. The van der Waals surface area contributed by atoms with Crippen LogP contribution in [-0.2, 0) is 17.6 Å². The Morgan fingerprint density at radius 3 is 2.79 bits per heavy atom. The molecule has 0 aromatic carbocycles. The van der Waals surface area contributed by atoms with Crippen LogP contribution in [0.5, 0.6) is 0 Å². The highest BCUT2D eigenvalue weighted by Crippen LogP contribution is 2.38. The number of carboxylic acids is 1. The van der Waals surface area contributed by atoms with E-state index in [1.807, 2.05) is 0 Å². The van der Waals surface area contributed by atoms with Crippen LogP contribution in [0.3, 0.4) is 0 Å². The lowest BCUT2D eigenvalue weighted by atomic mass is 10.1. The SMILES string of the molecule is CCCCCC(=O)Nc1sc2c(c1C(=O)[O-])CCC2. The van der Waals surface area contributed by atoms with Crippen molar-refractivity contribution in [1.29, 1.82) is 0 Å². The second kappa shape index (κ2) is 6.19. The summed E-state index contributed by atoms with van der Waals surface area (Å²) >= 11 is 1.39. The molecule has 0 bridgehead atoms. The molecule has 5 heteroatoms. The first-order valence-corrected chi connectivity index (χ1v) is 7.60. The van der Waals surface area contributed by atoms with Crippen LogP contribution in [-0.4, -0.2) is 11.9 Å². The molecule has 104 valence electrons. The van der Waals surface area contributed by atoms with E-state index in [-0.39, 0.29) is 11.5 Å². The maximum Gasteiger partial charge on any atom is 0.224 e. The standard InChI is InChI=1S/C14H19NO3S/c1-2-3-4-8-11(16)15-13-12(14(17)18)9-6-5-7-10(9)19-13/h2-8H2,1H3,(H,15,16)(H,17,18)/p-1. The van der Waals surface area contributed by atoms with E-state index in [0.29, 0.717) is 11.4 Å². The normalized spacial score (nSPS) is 13.3. The summed E-state index contributed by atoms with van der Waals surface area (Å²) in [6.45, 7) is 2.08. The lowest BCUT2D eigenvalue weighted by molar-refractivity contribution is -0.254. The first-order chi connectivity index (χ1) is 9.13. The zero-order valence-electron chi connectivity index (χ0n) is 11.1. The molecule has 1 aliphatic rings. The van der Waals surface area contributed by atoms with Crippen molar-refractivity contribution >= 4 is 28.2 Å². The van der Waals surface area contributed by atoms with Gasteiger partial charge in [0.25, 0.3) is 0 Å². The maximum atomic E-state index is 11.8. The fourth-order valence-corrected chi connectivity index (χ4v) is 3.73. The average Bonchev–Trinajstić information content (AvgIpc) is 2.88. The van der Waals surface area contributed by atoms with E-state index in [1.165, 1.54) is 11.3 Å². The van der Waals surface area contributed by atoms with Crippen molar-refractivity contribution in [3.05, 3.63) is 16.0 Å². The Balaban J connectivity index is 2.08. The molecule has 1 heterocycles. The Morgan fingerprint density at radius 2 is 2.11 bits per heavy atom. The molecular formula is C14H18NO3S-. The van der Waals surface area contributed by atoms with E-state index in [0.717, 1.165) is 49.0 Å². The predicted molar refractivity (Wildman–Crippen MR) is 73.4 cm³/mol. The van der Waals surface area contributed by atoms with Gasteiger partial charge in [-0.2, -0.15) is 0 Å². The number of nitrogens with one attached hydrogen (secondary N) is 1. The zero-order chi connectivity index (χ0) is 13.8. The third-order valence-corrected chi connectivity index (χ3v) is 4.59. The molecule has 0 spiro atoms. The predicted octanol–water partition coefficient (Wildman–Crippen LogP) is 2.12. The molecule has 4 nitrogen and oxygen atoms in total. The number of carbonyl (C=O) groups is 2. The number of carbonyl (C=O) groups excluding carboxylic acids is 2. The van der Waals surface area contributed by atoms with Crippen LogP contribution in [0, 0.1) is 0 Å². The number of anilines is 1. The second-order valence-corrected chi connectivity index (χ2v) is 5.96. The van der Waals surface area contributed by atoms with Crippen LogP contribution in [0.2, 0.25) is 0 Å². The van der Waals surface area contributed by atoms with E-state index in [1.54, 1.807) is 0 Å². The summed E-state index contributed by atoms with van der Waals surface area (Å²) in [6.07, 6.45) is 6.04. The van der Waals surface area contributed by atoms with Crippen molar-refractivity contribution in [2.24, 2.45) is 0 Å². The summed E-state index contributed by atoms with van der Waals surface area (Å²) in [5.41, 5.74) is 1.08. The van der Waals surface area contributed by atoms with Crippen LogP contribution in [0.4, 0.5) is 5.00 Å². The van der Waals surface area contributed by atoms with E-state index >= 15 is 0 Å². The summed E-state index contributed by atoms with van der Waals surface area (Å²) in [6, 6.07) is 0. The summed E-state index contributed by atoms with van der Waals surface area (Å²) < 4.78 is 0. The van der Waals surface area contributed by atoms with Gasteiger partial charge in [-0.15, -0.1) is 11.3 Å². The summed E-state index contributed by atoms with van der Waals surface area (Å²) in [4.78, 5) is 24.1. The molecule has 0 saturated carbocycles. The van der Waals surface area contributed by atoms with Crippen molar-refractivity contribution in [2.75, 3.05) is 5.32 Å². The lowest BCUT2D eigenvalue weighted by Crippen LogP contribution is -2.25. The highest BCUT2D eigenvalue weighted by Gasteiger charge is 2.23.